The summed E-state index contributed by atoms with van der Waals surface area (Å²) in [6.45, 7) is 9.90. The lowest BCUT2D eigenvalue weighted by atomic mass is 9.84. The number of carbonyl (C=O) groups excluding carboxylic acids is 1. The van der Waals surface area contributed by atoms with Crippen molar-refractivity contribution in [3.63, 3.8) is 0 Å². The fraction of sp³-hybridized carbons (Fsp3) is 0.900. The number of Topliss-reactive ketones (excluding diaryl/α,β-unsaturated/α-hetero) is 1. The highest BCUT2D eigenvalue weighted by molar-refractivity contribution is 5.88. The zero-order chi connectivity index (χ0) is 9.94. The Morgan fingerprint density at radius 1 is 1.33 bits per heavy atom. The number of ketones is 1. The molecule has 0 rings (SSSR count). The van der Waals surface area contributed by atoms with Gasteiger partial charge in [0.1, 0.15) is 0 Å². The maximum absolute atomic E-state index is 11.6. The van der Waals surface area contributed by atoms with Gasteiger partial charge in [0.15, 0.2) is 5.78 Å². The molecule has 0 radical (unpaired) electrons. The molecule has 0 bridgehead atoms. The number of hydrogen-bond donors (Lipinski definition) is 1. The molecule has 0 spiro atoms. The lowest BCUT2D eigenvalue weighted by Gasteiger charge is -2.22. The topological polar surface area (TPSA) is 43.1 Å². The largest absolute Gasteiger partial charge is 0.321 e. The molecule has 2 nitrogen and oxygen atoms in total. The van der Waals surface area contributed by atoms with Crippen LogP contribution in [0.4, 0.5) is 0 Å². The molecule has 0 aliphatic heterocycles. The highest BCUT2D eigenvalue weighted by Crippen LogP contribution is 2.18. The van der Waals surface area contributed by atoms with Crippen LogP contribution in [0, 0.1) is 11.3 Å². The molecule has 12 heavy (non-hydrogen) atoms. The SMILES string of the molecule is CC(C)C[C@H](N)C(=O)C(C)(C)C. The first kappa shape index (κ1) is 11.6. The van der Waals surface area contributed by atoms with Crippen molar-refractivity contribution in [2.24, 2.45) is 17.1 Å². The maximum atomic E-state index is 11.6. The average molecular weight is 171 g/mol. The van der Waals surface area contributed by atoms with E-state index in [2.05, 4.69) is 13.8 Å². The lowest BCUT2D eigenvalue weighted by Crippen LogP contribution is -2.39. The zero-order valence-electron chi connectivity index (χ0n) is 8.85. The first-order chi connectivity index (χ1) is 5.25. The van der Waals surface area contributed by atoms with E-state index < -0.39 is 0 Å². The molecular weight excluding hydrogens is 150 g/mol. The smallest absolute Gasteiger partial charge is 0.154 e. The molecule has 0 heterocycles. The summed E-state index contributed by atoms with van der Waals surface area (Å²) in [6, 6.07) is -0.287. The molecular formula is C10H21NO. The standard InChI is InChI=1S/C10H21NO/c1-7(2)6-8(11)9(12)10(3,4)5/h7-8H,6,11H2,1-5H3/t8-/m0/s1. The second-order valence-corrected chi connectivity index (χ2v) is 4.85. The summed E-state index contributed by atoms with van der Waals surface area (Å²) in [4.78, 5) is 11.6. The molecule has 2 heteroatoms. The predicted octanol–water partition coefficient (Wildman–Crippen LogP) is 1.98. The number of hydrogen-bond acceptors (Lipinski definition) is 2. The molecule has 0 fully saturated rings. The summed E-state index contributed by atoms with van der Waals surface area (Å²) in [5.41, 5.74) is 5.46. The summed E-state index contributed by atoms with van der Waals surface area (Å²) < 4.78 is 0. The Morgan fingerprint density at radius 3 is 2.00 bits per heavy atom. The van der Waals surface area contributed by atoms with Gasteiger partial charge in [0, 0.05) is 5.41 Å². The van der Waals surface area contributed by atoms with Gasteiger partial charge in [-0.05, 0) is 12.3 Å². The van der Waals surface area contributed by atoms with Gasteiger partial charge in [-0.3, -0.25) is 4.79 Å². The van der Waals surface area contributed by atoms with Crippen LogP contribution < -0.4 is 5.73 Å². The third kappa shape index (κ3) is 3.86. The molecule has 0 saturated carbocycles. The van der Waals surface area contributed by atoms with E-state index >= 15 is 0 Å². The third-order valence-electron chi connectivity index (χ3n) is 1.80. The highest BCUT2D eigenvalue weighted by Gasteiger charge is 2.27. The normalized spacial score (nSPS) is 14.9. The summed E-state index contributed by atoms with van der Waals surface area (Å²) >= 11 is 0. The summed E-state index contributed by atoms with van der Waals surface area (Å²) in [5, 5.41) is 0. The highest BCUT2D eigenvalue weighted by atomic mass is 16.1. The Hall–Kier alpha value is -0.370. The van der Waals surface area contributed by atoms with E-state index in [0.29, 0.717) is 5.92 Å². The van der Waals surface area contributed by atoms with Gasteiger partial charge >= 0.3 is 0 Å². The van der Waals surface area contributed by atoms with E-state index in [1.807, 2.05) is 20.8 Å². The van der Waals surface area contributed by atoms with Crippen molar-refractivity contribution < 1.29 is 4.79 Å². The zero-order valence-corrected chi connectivity index (χ0v) is 8.85. The molecule has 0 aliphatic rings. The number of carbonyl (C=O) groups is 1. The molecule has 0 unspecified atom stereocenters. The van der Waals surface area contributed by atoms with Gasteiger partial charge in [0.05, 0.1) is 6.04 Å². The van der Waals surface area contributed by atoms with Crippen molar-refractivity contribution in [2.75, 3.05) is 0 Å². The maximum Gasteiger partial charge on any atom is 0.154 e. The number of nitrogens with two attached hydrogens (primary N) is 1. The van der Waals surface area contributed by atoms with Gasteiger partial charge < -0.3 is 5.73 Å². The van der Waals surface area contributed by atoms with E-state index in [0.717, 1.165) is 6.42 Å². The monoisotopic (exact) mass is 171 g/mol. The van der Waals surface area contributed by atoms with Gasteiger partial charge in [-0.1, -0.05) is 34.6 Å². The second kappa shape index (κ2) is 4.04. The fourth-order valence-corrected chi connectivity index (χ4v) is 1.17. The van der Waals surface area contributed by atoms with Crippen molar-refractivity contribution in [3.05, 3.63) is 0 Å². The molecule has 2 N–H and O–H groups in total. The minimum Gasteiger partial charge on any atom is -0.321 e. The minimum absolute atomic E-state index is 0.163. The molecule has 0 aromatic rings. The van der Waals surface area contributed by atoms with Crippen LogP contribution in [0.5, 0.6) is 0 Å². The first-order valence-corrected chi connectivity index (χ1v) is 4.55. The van der Waals surface area contributed by atoms with Crippen molar-refractivity contribution in [3.8, 4) is 0 Å². The van der Waals surface area contributed by atoms with Crippen molar-refractivity contribution in [1.82, 2.24) is 0 Å². The summed E-state index contributed by atoms with van der Waals surface area (Å²) in [5.74, 6) is 0.655. The Kier molecular flexibility index (Phi) is 3.91. The molecule has 1 atom stereocenters. The van der Waals surface area contributed by atoms with Gasteiger partial charge in [0.25, 0.3) is 0 Å². The van der Waals surface area contributed by atoms with Crippen LogP contribution in [0.1, 0.15) is 41.0 Å². The van der Waals surface area contributed by atoms with Crippen molar-refractivity contribution in [1.29, 1.82) is 0 Å². The van der Waals surface area contributed by atoms with Crippen LogP contribution in [0.15, 0.2) is 0 Å². The van der Waals surface area contributed by atoms with E-state index in [9.17, 15) is 4.79 Å². The van der Waals surface area contributed by atoms with Crippen LogP contribution in [-0.4, -0.2) is 11.8 Å². The Bertz CT molecular complexity index is 156. The Balaban J connectivity index is 4.12. The van der Waals surface area contributed by atoms with E-state index in [-0.39, 0.29) is 17.2 Å². The molecule has 0 amide bonds. The predicted molar refractivity (Wildman–Crippen MR) is 51.9 cm³/mol. The van der Waals surface area contributed by atoms with Gasteiger partial charge in [-0.25, -0.2) is 0 Å². The third-order valence-corrected chi connectivity index (χ3v) is 1.80. The van der Waals surface area contributed by atoms with Crippen LogP contribution >= 0.6 is 0 Å². The van der Waals surface area contributed by atoms with E-state index in [4.69, 9.17) is 5.73 Å². The summed E-state index contributed by atoms with van der Waals surface area (Å²) in [7, 11) is 0. The second-order valence-electron chi connectivity index (χ2n) is 4.85. The Morgan fingerprint density at radius 2 is 1.75 bits per heavy atom. The molecule has 0 aliphatic carbocycles. The van der Waals surface area contributed by atoms with Crippen LogP contribution in [0.2, 0.25) is 0 Å². The Labute approximate surface area is 75.5 Å². The molecule has 0 aromatic carbocycles. The van der Waals surface area contributed by atoms with E-state index in [1.165, 1.54) is 0 Å². The molecule has 0 aromatic heterocycles. The van der Waals surface area contributed by atoms with Gasteiger partial charge in [-0.15, -0.1) is 0 Å². The molecule has 72 valence electrons. The fourth-order valence-electron chi connectivity index (χ4n) is 1.17. The van der Waals surface area contributed by atoms with Crippen molar-refractivity contribution in [2.45, 2.75) is 47.1 Å². The van der Waals surface area contributed by atoms with Crippen molar-refractivity contribution >= 4 is 5.78 Å². The lowest BCUT2D eigenvalue weighted by molar-refractivity contribution is -0.127. The van der Waals surface area contributed by atoms with E-state index in [1.54, 1.807) is 0 Å². The van der Waals surface area contributed by atoms with Gasteiger partial charge in [-0.2, -0.15) is 0 Å². The van der Waals surface area contributed by atoms with Crippen LogP contribution in [0.3, 0.4) is 0 Å². The number of rotatable bonds is 3. The quantitative estimate of drug-likeness (QED) is 0.705. The van der Waals surface area contributed by atoms with Crippen LogP contribution in [0.25, 0.3) is 0 Å². The summed E-state index contributed by atoms with van der Waals surface area (Å²) in [6.07, 6.45) is 0.788. The minimum atomic E-state index is -0.297. The van der Waals surface area contributed by atoms with Gasteiger partial charge in [0.2, 0.25) is 0 Å². The first-order valence-electron chi connectivity index (χ1n) is 4.55. The average Bonchev–Trinajstić information content (AvgIpc) is 1.82. The molecule has 0 saturated heterocycles. The van der Waals surface area contributed by atoms with Crippen LogP contribution in [-0.2, 0) is 4.79 Å².